The molecule has 0 aliphatic carbocycles. The number of hydrogen-bond donors (Lipinski definition) is 1. The normalized spacial score (nSPS) is 11.1. The molecule has 2 heterocycles. The molecule has 7 nitrogen and oxygen atoms in total. The minimum absolute atomic E-state index is 0.0373. The lowest BCUT2D eigenvalue weighted by atomic mass is 10.1. The first kappa shape index (κ1) is 18.3. The summed E-state index contributed by atoms with van der Waals surface area (Å²) in [4.78, 5) is 27.5. The van der Waals surface area contributed by atoms with Crippen molar-refractivity contribution in [1.82, 2.24) is 4.98 Å². The average molecular weight is 413 g/mol. The van der Waals surface area contributed by atoms with E-state index in [0.29, 0.717) is 17.0 Å². The maximum atomic E-state index is 12.3. The number of nitrogens with zero attached hydrogens (tertiary/aromatic N) is 2. The number of thiophene rings is 1. The Bertz CT molecular complexity index is 1230. The number of amides is 1. The Labute approximate surface area is 167 Å². The number of carbonyl (C=O) groups excluding carboxylic acids is 1. The highest BCUT2D eigenvalue weighted by Crippen LogP contribution is 2.38. The fourth-order valence-electron chi connectivity index (χ4n) is 2.99. The van der Waals surface area contributed by atoms with Crippen LogP contribution in [0.4, 0.5) is 11.4 Å². The van der Waals surface area contributed by atoms with Gasteiger partial charge in [0.2, 0.25) is 0 Å². The lowest BCUT2D eigenvalue weighted by Gasteiger charge is -2.10. The van der Waals surface area contributed by atoms with Gasteiger partial charge in [0.15, 0.2) is 6.61 Å². The number of ether oxygens (including phenoxy) is 1. The van der Waals surface area contributed by atoms with Crippen LogP contribution < -0.4 is 10.1 Å². The van der Waals surface area contributed by atoms with Crippen LogP contribution in [0.5, 0.6) is 5.75 Å². The molecule has 0 aliphatic rings. The van der Waals surface area contributed by atoms with E-state index in [1.807, 2.05) is 24.4 Å². The summed E-state index contributed by atoms with van der Waals surface area (Å²) in [5.74, 6) is 0.242. The molecule has 1 N–H and O–H groups in total. The Hall–Kier alpha value is -3.04. The number of aryl methyl sites for hydroxylation is 1. The van der Waals surface area contributed by atoms with E-state index < -0.39 is 4.92 Å². The summed E-state index contributed by atoms with van der Waals surface area (Å²) in [6.07, 6.45) is 0. The molecule has 9 heteroatoms. The Kier molecular flexibility index (Phi) is 4.70. The van der Waals surface area contributed by atoms with Crippen molar-refractivity contribution in [2.24, 2.45) is 0 Å². The minimum atomic E-state index is -0.471. The van der Waals surface area contributed by atoms with Crippen LogP contribution in [0.2, 0.25) is 0 Å². The number of rotatable bonds is 5. The van der Waals surface area contributed by atoms with Crippen LogP contribution in [-0.4, -0.2) is 22.4 Å². The van der Waals surface area contributed by atoms with Crippen LogP contribution in [0.25, 0.3) is 20.3 Å². The number of nitrogens with one attached hydrogen (secondary N) is 1. The average Bonchev–Trinajstić information content (AvgIpc) is 3.26. The predicted octanol–water partition coefficient (Wildman–Crippen LogP) is 5.05. The quantitative estimate of drug-likeness (QED) is 0.365. The maximum absolute atomic E-state index is 12.3. The Morgan fingerprint density at radius 1 is 1.32 bits per heavy atom. The zero-order valence-corrected chi connectivity index (χ0v) is 16.6. The summed E-state index contributed by atoms with van der Waals surface area (Å²) in [5, 5.41) is 17.6. The van der Waals surface area contributed by atoms with Gasteiger partial charge in [0, 0.05) is 17.5 Å². The molecule has 142 valence electrons. The maximum Gasteiger partial charge on any atom is 0.274 e. The van der Waals surface area contributed by atoms with E-state index in [2.05, 4.69) is 10.3 Å². The van der Waals surface area contributed by atoms with Crippen molar-refractivity contribution in [3.05, 3.63) is 56.4 Å². The Balaban J connectivity index is 1.55. The molecule has 0 aliphatic heterocycles. The molecule has 0 fully saturated rings. The molecule has 4 rings (SSSR count). The highest BCUT2D eigenvalue weighted by atomic mass is 32.1. The van der Waals surface area contributed by atoms with Crippen LogP contribution in [0.15, 0.2) is 35.7 Å². The summed E-state index contributed by atoms with van der Waals surface area (Å²) in [7, 11) is 0. The van der Waals surface area contributed by atoms with Crippen molar-refractivity contribution in [2.75, 3.05) is 11.9 Å². The molecule has 0 saturated heterocycles. The van der Waals surface area contributed by atoms with Gasteiger partial charge in [0.25, 0.3) is 11.6 Å². The van der Waals surface area contributed by atoms with Crippen LogP contribution >= 0.6 is 22.7 Å². The fraction of sp³-hybridized carbons (Fsp3) is 0.158. The summed E-state index contributed by atoms with van der Waals surface area (Å²) in [5.41, 5.74) is 1.72. The molecule has 0 atom stereocenters. The third kappa shape index (κ3) is 3.30. The number of anilines is 1. The van der Waals surface area contributed by atoms with E-state index in [4.69, 9.17) is 4.74 Å². The van der Waals surface area contributed by atoms with E-state index in [-0.39, 0.29) is 18.2 Å². The van der Waals surface area contributed by atoms with Gasteiger partial charge in [-0.15, -0.1) is 22.7 Å². The molecular formula is C19H15N3O4S2. The first-order valence-electron chi connectivity index (χ1n) is 8.38. The zero-order valence-electron chi connectivity index (χ0n) is 15.0. The zero-order chi connectivity index (χ0) is 19.8. The number of nitro benzene ring substituents is 1. The molecule has 0 unspecified atom stereocenters. The molecule has 28 heavy (non-hydrogen) atoms. The summed E-state index contributed by atoms with van der Waals surface area (Å²) in [6.45, 7) is 3.36. The second-order valence-electron chi connectivity index (χ2n) is 6.16. The number of carbonyl (C=O) groups is 1. The van der Waals surface area contributed by atoms with Crippen LogP contribution in [0.3, 0.4) is 0 Å². The molecule has 0 spiro atoms. The molecule has 2 aromatic heterocycles. The third-order valence-corrected chi connectivity index (χ3v) is 6.14. The summed E-state index contributed by atoms with van der Waals surface area (Å²) in [6, 6.07) is 8.42. The van der Waals surface area contributed by atoms with E-state index >= 15 is 0 Å². The van der Waals surface area contributed by atoms with Crippen molar-refractivity contribution < 1.29 is 14.5 Å². The number of aromatic nitrogens is 1. The van der Waals surface area contributed by atoms with Crippen molar-refractivity contribution in [2.45, 2.75) is 13.8 Å². The molecule has 0 bridgehead atoms. The molecule has 1 amide bonds. The molecule has 2 aromatic carbocycles. The van der Waals surface area contributed by atoms with Crippen LogP contribution in [0, 0.1) is 24.0 Å². The van der Waals surface area contributed by atoms with E-state index in [1.165, 1.54) is 12.1 Å². The number of nitro groups is 1. The van der Waals surface area contributed by atoms with Gasteiger partial charge in [-0.3, -0.25) is 14.9 Å². The summed E-state index contributed by atoms with van der Waals surface area (Å²) >= 11 is 3.17. The predicted molar refractivity (Wildman–Crippen MR) is 112 cm³/mol. The monoisotopic (exact) mass is 413 g/mol. The molecule has 0 saturated carbocycles. The standard InChI is InChI=1S/C19H15N3O4S2/c1-10-13(4-3-5-14(10)22(24)25)21-17(23)9-26-15-8-16-18(20-11(2)28-16)19-12(15)6-7-27-19/h3-8H,9H2,1-2H3,(H,21,23). The second-order valence-corrected chi connectivity index (χ2v) is 8.31. The minimum Gasteiger partial charge on any atom is -0.483 e. The second kappa shape index (κ2) is 7.17. The van der Waals surface area contributed by atoms with Crippen LogP contribution in [0.1, 0.15) is 10.6 Å². The lowest BCUT2D eigenvalue weighted by molar-refractivity contribution is -0.385. The molecule has 4 aromatic rings. The number of fused-ring (bicyclic) bond motifs is 3. The SMILES string of the molecule is Cc1nc2c(cc(OCC(=O)Nc3cccc([N+](=O)[O-])c3C)c3ccsc32)s1. The van der Waals surface area contributed by atoms with E-state index in [0.717, 1.165) is 25.3 Å². The first-order valence-corrected chi connectivity index (χ1v) is 10.1. The number of hydrogen-bond acceptors (Lipinski definition) is 7. The van der Waals surface area contributed by atoms with Gasteiger partial charge in [0.1, 0.15) is 5.75 Å². The third-order valence-electron chi connectivity index (χ3n) is 4.30. The highest BCUT2D eigenvalue weighted by molar-refractivity contribution is 7.21. The van der Waals surface area contributed by atoms with Crippen LogP contribution in [-0.2, 0) is 4.79 Å². The van der Waals surface area contributed by atoms with Gasteiger partial charge in [-0.1, -0.05) is 6.07 Å². The van der Waals surface area contributed by atoms with Crippen molar-refractivity contribution in [1.29, 1.82) is 0 Å². The lowest BCUT2D eigenvalue weighted by Crippen LogP contribution is -2.20. The van der Waals surface area contributed by atoms with Crippen molar-refractivity contribution in [3.63, 3.8) is 0 Å². The van der Waals surface area contributed by atoms with Gasteiger partial charge in [-0.2, -0.15) is 0 Å². The Morgan fingerprint density at radius 2 is 2.14 bits per heavy atom. The molecule has 0 radical (unpaired) electrons. The van der Waals surface area contributed by atoms with Gasteiger partial charge < -0.3 is 10.1 Å². The fourth-order valence-corrected chi connectivity index (χ4v) is 4.83. The smallest absolute Gasteiger partial charge is 0.274 e. The van der Waals surface area contributed by atoms with Gasteiger partial charge >= 0.3 is 0 Å². The van der Waals surface area contributed by atoms with E-state index in [1.54, 1.807) is 35.7 Å². The van der Waals surface area contributed by atoms with E-state index in [9.17, 15) is 14.9 Å². The van der Waals surface area contributed by atoms with Gasteiger partial charge in [0.05, 0.1) is 36.1 Å². The Morgan fingerprint density at radius 3 is 2.93 bits per heavy atom. The highest BCUT2D eigenvalue weighted by Gasteiger charge is 2.16. The summed E-state index contributed by atoms with van der Waals surface area (Å²) < 4.78 is 7.83. The topological polar surface area (TPSA) is 94.4 Å². The van der Waals surface area contributed by atoms with Crippen molar-refractivity contribution in [3.8, 4) is 5.75 Å². The molecular weight excluding hydrogens is 398 g/mol. The van der Waals surface area contributed by atoms with Gasteiger partial charge in [-0.25, -0.2) is 4.98 Å². The number of benzene rings is 2. The van der Waals surface area contributed by atoms with Crippen molar-refractivity contribution >= 4 is 60.3 Å². The first-order chi connectivity index (χ1) is 13.4. The number of thiazole rings is 1. The largest absolute Gasteiger partial charge is 0.483 e. The van der Waals surface area contributed by atoms with Gasteiger partial charge in [-0.05, 0) is 31.4 Å².